The molecule has 0 heterocycles. The molecular formula is C3H8NaO3P. The second-order valence-electron chi connectivity index (χ2n) is 1.61. The van der Waals surface area contributed by atoms with Gasteiger partial charge in [-0.05, 0) is 13.8 Å². The zero-order chi connectivity index (χ0) is 5.91. The summed E-state index contributed by atoms with van der Waals surface area (Å²) in [4.78, 5) is 0. The second kappa shape index (κ2) is 4.86. The predicted octanol–water partition coefficient (Wildman–Crippen LogP) is 0.290. The van der Waals surface area contributed by atoms with E-state index in [-0.39, 0.29) is 29.6 Å². The molecule has 0 saturated carbocycles. The third-order valence-electron chi connectivity index (χ3n) is 0.261. The van der Waals surface area contributed by atoms with Crippen LogP contribution >= 0.6 is 8.69 Å². The van der Waals surface area contributed by atoms with E-state index in [1.165, 1.54) is 13.8 Å². The van der Waals surface area contributed by atoms with Crippen LogP contribution in [-0.4, -0.2) is 40.5 Å². The zero-order valence-corrected chi connectivity index (χ0v) is 5.11. The Morgan fingerprint density at radius 3 is 2.00 bits per heavy atom. The Labute approximate surface area is 72.0 Å². The van der Waals surface area contributed by atoms with Crippen LogP contribution in [0.25, 0.3) is 0 Å². The van der Waals surface area contributed by atoms with Gasteiger partial charge < -0.3 is 5.11 Å². The summed E-state index contributed by atoms with van der Waals surface area (Å²) in [5, 5.41) is 8.59. The van der Waals surface area contributed by atoms with E-state index in [0.717, 1.165) is 0 Å². The summed E-state index contributed by atoms with van der Waals surface area (Å²) < 4.78 is 13.7. The summed E-state index contributed by atoms with van der Waals surface area (Å²) >= 11 is 0. The van der Waals surface area contributed by atoms with Crippen LogP contribution in [0.3, 0.4) is 0 Å². The molecule has 0 aliphatic rings. The van der Waals surface area contributed by atoms with Gasteiger partial charge in [-0.15, -0.1) is 0 Å². The van der Waals surface area contributed by atoms with Crippen molar-refractivity contribution in [2.45, 2.75) is 19.6 Å². The third kappa shape index (κ3) is 10.1. The van der Waals surface area contributed by atoms with E-state index in [0.29, 0.717) is 0 Å². The molecule has 0 rings (SSSR count). The molecule has 0 amide bonds. The Bertz CT molecular complexity index is 69.4. The summed E-state index contributed by atoms with van der Waals surface area (Å²) in [5.74, 6) is -1.27. The first-order valence-corrected chi connectivity index (χ1v) is 2.52. The minimum atomic E-state index is -1.27. The van der Waals surface area contributed by atoms with Crippen molar-refractivity contribution in [2.24, 2.45) is 0 Å². The normalized spacial score (nSPS) is 10.9. The van der Waals surface area contributed by atoms with E-state index < -0.39 is 14.5 Å². The molecule has 44 valence electrons. The van der Waals surface area contributed by atoms with Crippen LogP contribution in [0.4, 0.5) is 0 Å². The van der Waals surface area contributed by atoms with E-state index >= 15 is 0 Å². The summed E-state index contributed by atoms with van der Waals surface area (Å²) in [6, 6.07) is 0. The van der Waals surface area contributed by atoms with E-state index in [2.05, 4.69) is 4.52 Å². The van der Waals surface area contributed by atoms with E-state index in [1.807, 2.05) is 0 Å². The maximum atomic E-state index is 9.54. The quantitative estimate of drug-likeness (QED) is 0.346. The van der Waals surface area contributed by atoms with Crippen LogP contribution in [0, 0.1) is 0 Å². The molecule has 0 spiro atoms. The first-order chi connectivity index (χ1) is 3.06. The van der Waals surface area contributed by atoms with Gasteiger partial charge in [-0.2, -0.15) is 0 Å². The van der Waals surface area contributed by atoms with Crippen molar-refractivity contribution >= 4 is 38.2 Å². The fourth-order valence-electron chi connectivity index (χ4n) is 0.0912. The molecular weight excluding hydrogens is 138 g/mol. The molecule has 0 aliphatic heterocycles. The minimum absolute atomic E-state index is 0. The molecule has 1 N–H and O–H groups in total. The number of hydrogen-bond donors (Lipinski definition) is 1. The molecule has 0 fully saturated rings. The molecule has 0 saturated heterocycles. The van der Waals surface area contributed by atoms with Gasteiger partial charge in [0.1, 0.15) is 0 Å². The molecule has 0 aromatic rings. The van der Waals surface area contributed by atoms with Gasteiger partial charge in [-0.3, -0.25) is 4.52 Å². The number of hydrogen-bond acceptors (Lipinski definition) is 3. The molecule has 5 heteroatoms. The van der Waals surface area contributed by atoms with Crippen molar-refractivity contribution in [3.63, 3.8) is 0 Å². The van der Waals surface area contributed by atoms with Crippen molar-refractivity contribution in [1.29, 1.82) is 0 Å². The van der Waals surface area contributed by atoms with Crippen molar-refractivity contribution in [2.75, 3.05) is 0 Å². The first-order valence-electron chi connectivity index (χ1n) is 1.79. The van der Waals surface area contributed by atoms with Crippen LogP contribution < -0.4 is 0 Å². The van der Waals surface area contributed by atoms with Gasteiger partial charge in [0.05, 0.1) is 0 Å². The van der Waals surface area contributed by atoms with E-state index in [9.17, 15) is 4.57 Å². The van der Waals surface area contributed by atoms with Crippen molar-refractivity contribution < 1.29 is 14.2 Å². The standard InChI is InChI=1S/C3H7O3P.Na.H/c1-3(2,4)6-7-5;;/h4H,1-2H3;;. The van der Waals surface area contributed by atoms with Crippen LogP contribution in [0.5, 0.6) is 0 Å². The Hall–Kier alpha value is 1.02. The molecule has 3 nitrogen and oxygen atoms in total. The van der Waals surface area contributed by atoms with Gasteiger partial charge in [-0.25, -0.2) is 4.57 Å². The zero-order valence-electron chi connectivity index (χ0n) is 4.21. The Morgan fingerprint density at radius 1 is 1.62 bits per heavy atom. The third-order valence-corrected chi connectivity index (χ3v) is 0.782. The summed E-state index contributed by atoms with van der Waals surface area (Å²) in [5.41, 5.74) is 0. The second-order valence-corrected chi connectivity index (χ2v) is 1.94. The van der Waals surface area contributed by atoms with E-state index in [1.54, 1.807) is 0 Å². The fourth-order valence-corrected chi connectivity index (χ4v) is 0.274. The maximum absolute atomic E-state index is 9.54. The van der Waals surface area contributed by atoms with Gasteiger partial charge in [0.25, 0.3) is 0 Å². The average Bonchev–Trinajstić information content (AvgIpc) is 1.30. The number of rotatable bonds is 2. The topological polar surface area (TPSA) is 46.5 Å². The van der Waals surface area contributed by atoms with Crippen LogP contribution in [-0.2, 0) is 9.09 Å². The molecule has 0 unspecified atom stereocenters. The molecule has 0 aliphatic carbocycles. The van der Waals surface area contributed by atoms with Crippen molar-refractivity contribution in [3.05, 3.63) is 0 Å². The Morgan fingerprint density at radius 2 is 2.00 bits per heavy atom. The SMILES string of the molecule is CC(C)(O)OP=O.[NaH]. The Kier molecular flexibility index (Phi) is 7.15. The van der Waals surface area contributed by atoms with Gasteiger partial charge >= 0.3 is 38.2 Å². The predicted molar refractivity (Wildman–Crippen MR) is 32.1 cm³/mol. The van der Waals surface area contributed by atoms with Crippen LogP contribution in [0.1, 0.15) is 13.8 Å². The summed E-state index contributed by atoms with van der Waals surface area (Å²) in [6.45, 7) is 2.80. The van der Waals surface area contributed by atoms with Gasteiger partial charge in [0.15, 0.2) is 5.79 Å². The van der Waals surface area contributed by atoms with Crippen LogP contribution in [0.15, 0.2) is 0 Å². The molecule has 0 atom stereocenters. The first kappa shape index (κ1) is 11.8. The molecule has 0 aromatic carbocycles. The van der Waals surface area contributed by atoms with Gasteiger partial charge in [0, 0.05) is 0 Å². The molecule has 0 radical (unpaired) electrons. The summed E-state index contributed by atoms with van der Waals surface area (Å²) in [6.07, 6.45) is 0. The Balaban J connectivity index is 0. The summed E-state index contributed by atoms with van der Waals surface area (Å²) in [7, 11) is -0.491. The van der Waals surface area contributed by atoms with Crippen molar-refractivity contribution in [1.82, 2.24) is 0 Å². The fraction of sp³-hybridized carbons (Fsp3) is 1.00. The molecule has 0 bridgehead atoms. The van der Waals surface area contributed by atoms with Gasteiger partial charge in [-0.1, -0.05) is 0 Å². The van der Waals surface area contributed by atoms with Crippen molar-refractivity contribution in [3.8, 4) is 0 Å². The van der Waals surface area contributed by atoms with Gasteiger partial charge in [0.2, 0.25) is 0 Å². The van der Waals surface area contributed by atoms with E-state index in [4.69, 9.17) is 5.11 Å². The van der Waals surface area contributed by atoms with Crippen LogP contribution in [0.2, 0.25) is 0 Å². The molecule has 8 heavy (non-hydrogen) atoms. The monoisotopic (exact) mass is 146 g/mol. The average molecular weight is 146 g/mol. The molecule has 0 aromatic heterocycles. The number of aliphatic hydroxyl groups is 1.